The van der Waals surface area contributed by atoms with Crippen molar-refractivity contribution in [3.8, 4) is 11.5 Å². The van der Waals surface area contributed by atoms with Crippen LogP contribution in [0.4, 0.5) is 0 Å². The van der Waals surface area contributed by atoms with Crippen molar-refractivity contribution >= 4 is 0 Å². The second-order valence-electron chi connectivity index (χ2n) is 6.64. The van der Waals surface area contributed by atoms with E-state index in [0.717, 1.165) is 35.8 Å². The van der Waals surface area contributed by atoms with Gasteiger partial charge in [0.2, 0.25) is 0 Å². The van der Waals surface area contributed by atoms with E-state index in [9.17, 15) is 5.11 Å². The van der Waals surface area contributed by atoms with E-state index in [0.29, 0.717) is 6.42 Å². The standard InChI is InChI=1S/C18H26O3/c1-3-4-13-7-9-18(10-8-13)12-16(19)15-11-14(20-2)5-6-17(15)21-18/h5-6,11,13,16,19H,3-4,7-10,12H2,1-2H3/t13?,16-,18?/m1/s1. The zero-order valence-electron chi connectivity index (χ0n) is 13.1. The van der Waals surface area contributed by atoms with Crippen LogP contribution in [-0.4, -0.2) is 17.8 Å². The van der Waals surface area contributed by atoms with E-state index >= 15 is 0 Å². The van der Waals surface area contributed by atoms with E-state index in [-0.39, 0.29) is 5.60 Å². The molecule has 1 aliphatic heterocycles. The highest BCUT2D eigenvalue weighted by molar-refractivity contribution is 5.43. The van der Waals surface area contributed by atoms with Gasteiger partial charge in [0, 0.05) is 12.0 Å². The fourth-order valence-corrected chi connectivity index (χ4v) is 3.95. The Labute approximate surface area is 127 Å². The third-order valence-corrected chi connectivity index (χ3v) is 5.18. The molecule has 1 atom stereocenters. The number of fused-ring (bicyclic) bond motifs is 1. The van der Waals surface area contributed by atoms with Crippen LogP contribution in [0.5, 0.6) is 11.5 Å². The number of benzene rings is 1. The summed E-state index contributed by atoms with van der Waals surface area (Å²) in [5.74, 6) is 2.46. The lowest BCUT2D eigenvalue weighted by Gasteiger charge is -2.45. The molecule has 3 heteroatoms. The lowest BCUT2D eigenvalue weighted by atomic mass is 9.73. The summed E-state index contributed by atoms with van der Waals surface area (Å²) >= 11 is 0. The smallest absolute Gasteiger partial charge is 0.126 e. The van der Waals surface area contributed by atoms with E-state index < -0.39 is 6.10 Å². The van der Waals surface area contributed by atoms with Crippen molar-refractivity contribution in [2.45, 2.75) is 63.6 Å². The molecule has 1 heterocycles. The Balaban J connectivity index is 1.76. The number of hydrogen-bond acceptors (Lipinski definition) is 3. The molecule has 0 bridgehead atoms. The Hall–Kier alpha value is -1.22. The van der Waals surface area contributed by atoms with Crippen LogP contribution in [0, 0.1) is 5.92 Å². The van der Waals surface area contributed by atoms with Crippen molar-refractivity contribution < 1.29 is 14.6 Å². The summed E-state index contributed by atoms with van der Waals surface area (Å²) in [5, 5.41) is 10.5. The van der Waals surface area contributed by atoms with Gasteiger partial charge in [-0.1, -0.05) is 19.8 Å². The second kappa shape index (κ2) is 5.88. The second-order valence-corrected chi connectivity index (χ2v) is 6.64. The van der Waals surface area contributed by atoms with Gasteiger partial charge in [-0.3, -0.25) is 0 Å². The fourth-order valence-electron chi connectivity index (χ4n) is 3.95. The first-order valence-corrected chi connectivity index (χ1v) is 8.21. The molecule has 1 saturated carbocycles. The minimum atomic E-state index is -0.438. The molecule has 0 saturated heterocycles. The van der Waals surface area contributed by atoms with Crippen LogP contribution in [0.1, 0.15) is 63.5 Å². The Morgan fingerprint density at radius 2 is 2.10 bits per heavy atom. The number of aliphatic hydroxyl groups excluding tert-OH is 1. The average Bonchev–Trinajstić information content (AvgIpc) is 2.50. The Morgan fingerprint density at radius 3 is 2.76 bits per heavy atom. The highest BCUT2D eigenvalue weighted by Crippen LogP contribution is 2.48. The summed E-state index contributed by atoms with van der Waals surface area (Å²) in [4.78, 5) is 0. The van der Waals surface area contributed by atoms with Gasteiger partial charge in [-0.05, 0) is 49.8 Å². The molecule has 21 heavy (non-hydrogen) atoms. The summed E-state index contributed by atoms with van der Waals surface area (Å²) < 4.78 is 11.6. The van der Waals surface area contributed by atoms with Crippen LogP contribution >= 0.6 is 0 Å². The van der Waals surface area contributed by atoms with Gasteiger partial charge in [-0.25, -0.2) is 0 Å². The van der Waals surface area contributed by atoms with Gasteiger partial charge in [0.15, 0.2) is 0 Å². The van der Waals surface area contributed by atoms with Crippen LogP contribution in [0.25, 0.3) is 0 Å². The van der Waals surface area contributed by atoms with Gasteiger partial charge in [0.25, 0.3) is 0 Å². The lowest BCUT2D eigenvalue weighted by Crippen LogP contribution is -2.44. The third kappa shape index (κ3) is 2.89. The normalized spacial score (nSPS) is 31.6. The predicted molar refractivity (Wildman–Crippen MR) is 82.8 cm³/mol. The SMILES string of the molecule is CCCC1CCC2(CC1)C[C@@H](O)c1cc(OC)ccc1O2. The summed E-state index contributed by atoms with van der Waals surface area (Å²) in [5.41, 5.74) is 0.723. The topological polar surface area (TPSA) is 38.7 Å². The molecule has 1 aliphatic carbocycles. The molecule has 1 aromatic rings. The molecule has 0 unspecified atom stereocenters. The van der Waals surface area contributed by atoms with E-state index in [4.69, 9.17) is 9.47 Å². The van der Waals surface area contributed by atoms with Crippen LogP contribution in [0.15, 0.2) is 18.2 Å². The highest BCUT2D eigenvalue weighted by atomic mass is 16.5. The average molecular weight is 290 g/mol. The minimum absolute atomic E-state index is 0.148. The van der Waals surface area contributed by atoms with Crippen molar-refractivity contribution in [2.75, 3.05) is 7.11 Å². The lowest BCUT2D eigenvalue weighted by molar-refractivity contribution is -0.0475. The Morgan fingerprint density at radius 1 is 1.33 bits per heavy atom. The molecule has 0 amide bonds. The van der Waals surface area contributed by atoms with Gasteiger partial charge in [-0.2, -0.15) is 0 Å². The van der Waals surface area contributed by atoms with Gasteiger partial charge in [0.05, 0.1) is 13.2 Å². The number of aliphatic hydroxyl groups is 1. The molecule has 3 nitrogen and oxygen atoms in total. The monoisotopic (exact) mass is 290 g/mol. The molecule has 1 spiro atoms. The number of hydrogen-bond donors (Lipinski definition) is 1. The van der Waals surface area contributed by atoms with Gasteiger partial charge in [0.1, 0.15) is 17.1 Å². The molecule has 116 valence electrons. The summed E-state index contributed by atoms with van der Waals surface area (Å²) in [6, 6.07) is 5.75. The molecule has 1 aromatic carbocycles. The quantitative estimate of drug-likeness (QED) is 0.905. The first kappa shape index (κ1) is 14.7. The summed E-state index contributed by atoms with van der Waals surface area (Å²) in [6.45, 7) is 2.26. The van der Waals surface area contributed by atoms with E-state index in [1.807, 2.05) is 18.2 Å². The van der Waals surface area contributed by atoms with E-state index in [1.165, 1.54) is 25.7 Å². The fraction of sp³-hybridized carbons (Fsp3) is 0.667. The first-order chi connectivity index (χ1) is 10.2. The molecular formula is C18H26O3. The maximum atomic E-state index is 10.5. The number of rotatable bonds is 3. The van der Waals surface area contributed by atoms with Gasteiger partial charge < -0.3 is 14.6 Å². The Kier molecular flexibility index (Phi) is 4.12. The maximum absolute atomic E-state index is 10.5. The first-order valence-electron chi connectivity index (χ1n) is 8.21. The predicted octanol–water partition coefficient (Wildman–Crippen LogP) is 4.24. The molecule has 0 radical (unpaired) electrons. The molecule has 1 fully saturated rings. The van der Waals surface area contributed by atoms with Crippen LogP contribution < -0.4 is 9.47 Å². The molecule has 3 rings (SSSR count). The van der Waals surface area contributed by atoms with Crippen LogP contribution in [0.3, 0.4) is 0 Å². The van der Waals surface area contributed by atoms with Crippen LogP contribution in [-0.2, 0) is 0 Å². The number of ether oxygens (including phenoxy) is 2. The van der Waals surface area contributed by atoms with Crippen molar-refractivity contribution in [3.05, 3.63) is 23.8 Å². The van der Waals surface area contributed by atoms with E-state index in [1.54, 1.807) is 7.11 Å². The number of methoxy groups -OCH3 is 1. The molecule has 0 aromatic heterocycles. The third-order valence-electron chi connectivity index (χ3n) is 5.18. The van der Waals surface area contributed by atoms with Crippen molar-refractivity contribution in [3.63, 3.8) is 0 Å². The van der Waals surface area contributed by atoms with Gasteiger partial charge >= 0.3 is 0 Å². The van der Waals surface area contributed by atoms with Crippen molar-refractivity contribution in [1.29, 1.82) is 0 Å². The summed E-state index contributed by atoms with van der Waals surface area (Å²) in [6.07, 6.45) is 7.47. The largest absolute Gasteiger partial charge is 0.497 e. The van der Waals surface area contributed by atoms with E-state index in [2.05, 4.69) is 6.92 Å². The molecule has 2 aliphatic rings. The summed E-state index contributed by atoms with van der Waals surface area (Å²) in [7, 11) is 1.65. The minimum Gasteiger partial charge on any atom is -0.497 e. The van der Waals surface area contributed by atoms with Crippen LogP contribution in [0.2, 0.25) is 0 Å². The van der Waals surface area contributed by atoms with Crippen molar-refractivity contribution in [1.82, 2.24) is 0 Å². The van der Waals surface area contributed by atoms with Gasteiger partial charge in [-0.15, -0.1) is 0 Å². The Bertz CT molecular complexity index is 489. The molecular weight excluding hydrogens is 264 g/mol. The zero-order chi connectivity index (χ0) is 14.9. The highest BCUT2D eigenvalue weighted by Gasteiger charge is 2.43. The molecule has 1 N–H and O–H groups in total. The van der Waals surface area contributed by atoms with Crippen molar-refractivity contribution in [2.24, 2.45) is 5.92 Å². The maximum Gasteiger partial charge on any atom is 0.126 e. The zero-order valence-corrected chi connectivity index (χ0v) is 13.1.